The van der Waals surface area contributed by atoms with Crippen molar-refractivity contribution < 1.29 is 14.0 Å². The molecule has 0 atom stereocenters. The van der Waals surface area contributed by atoms with Gasteiger partial charge >= 0.3 is 0 Å². The Balaban J connectivity index is 1.67. The molecule has 2 amide bonds. The number of furan rings is 1. The van der Waals surface area contributed by atoms with E-state index in [9.17, 15) is 9.59 Å². The number of nitrogens with one attached hydrogen (secondary N) is 1. The summed E-state index contributed by atoms with van der Waals surface area (Å²) in [5, 5.41) is 3.89. The van der Waals surface area contributed by atoms with Gasteiger partial charge in [0.25, 0.3) is 0 Å². The Kier molecular flexibility index (Phi) is 5.78. The maximum Gasteiger partial charge on any atom is 0.243 e. The van der Waals surface area contributed by atoms with Crippen LogP contribution < -0.4 is 5.32 Å². The van der Waals surface area contributed by atoms with Crippen molar-refractivity contribution in [3.63, 3.8) is 0 Å². The quantitative estimate of drug-likeness (QED) is 0.689. The standard InChI is InChI=1S/C24H28N2O3/c1-14-9-16(3)23(17(4)10-14)25-21(27)12-26(6)22(28)11-19-13-29-24-18(5)15(2)7-8-20(19)24/h7-10,13H,11-12H2,1-6H3,(H,25,27). The van der Waals surface area contributed by atoms with Gasteiger partial charge in [0.2, 0.25) is 11.8 Å². The molecule has 29 heavy (non-hydrogen) atoms. The van der Waals surface area contributed by atoms with E-state index in [-0.39, 0.29) is 24.8 Å². The molecule has 2 aromatic carbocycles. The number of amides is 2. The SMILES string of the molecule is Cc1cc(C)c(NC(=O)CN(C)C(=O)Cc2coc3c(C)c(C)ccc23)c(C)c1. The number of carbonyl (C=O) groups excluding carboxylic acids is 2. The first-order valence-corrected chi connectivity index (χ1v) is 9.75. The number of rotatable bonds is 5. The van der Waals surface area contributed by atoms with E-state index in [1.165, 1.54) is 4.90 Å². The molecular weight excluding hydrogens is 364 g/mol. The highest BCUT2D eigenvalue weighted by Gasteiger charge is 2.18. The molecular formula is C24H28N2O3. The molecule has 0 aliphatic carbocycles. The van der Waals surface area contributed by atoms with Crippen molar-refractivity contribution in [2.24, 2.45) is 0 Å². The van der Waals surface area contributed by atoms with Gasteiger partial charge < -0.3 is 14.6 Å². The molecule has 5 heteroatoms. The van der Waals surface area contributed by atoms with Crippen LogP contribution in [-0.4, -0.2) is 30.3 Å². The van der Waals surface area contributed by atoms with Crippen LogP contribution in [0.2, 0.25) is 0 Å². The zero-order valence-electron chi connectivity index (χ0n) is 18.0. The highest BCUT2D eigenvalue weighted by atomic mass is 16.3. The van der Waals surface area contributed by atoms with E-state index in [0.717, 1.165) is 50.0 Å². The summed E-state index contributed by atoms with van der Waals surface area (Å²) in [5.41, 5.74) is 7.89. The van der Waals surface area contributed by atoms with Crippen molar-refractivity contribution in [1.82, 2.24) is 4.90 Å². The van der Waals surface area contributed by atoms with Crippen molar-refractivity contribution in [3.05, 3.63) is 63.9 Å². The molecule has 0 radical (unpaired) electrons. The van der Waals surface area contributed by atoms with E-state index in [0.29, 0.717) is 0 Å². The number of fused-ring (bicyclic) bond motifs is 1. The summed E-state index contributed by atoms with van der Waals surface area (Å²) in [6.45, 7) is 10.0. The second-order valence-corrected chi connectivity index (χ2v) is 7.89. The maximum absolute atomic E-state index is 12.7. The Morgan fingerprint density at radius 2 is 1.66 bits per heavy atom. The lowest BCUT2D eigenvalue weighted by Crippen LogP contribution is -2.36. The first kappa shape index (κ1) is 20.6. The molecule has 152 valence electrons. The summed E-state index contributed by atoms with van der Waals surface area (Å²) in [5.74, 6) is -0.335. The molecule has 1 N–H and O–H groups in total. The lowest BCUT2D eigenvalue weighted by Gasteiger charge is -2.18. The van der Waals surface area contributed by atoms with Crippen LogP contribution in [-0.2, 0) is 16.0 Å². The smallest absolute Gasteiger partial charge is 0.243 e. The summed E-state index contributed by atoms with van der Waals surface area (Å²) in [4.78, 5) is 26.6. The second-order valence-electron chi connectivity index (χ2n) is 7.89. The van der Waals surface area contributed by atoms with Gasteiger partial charge in [0.1, 0.15) is 5.58 Å². The van der Waals surface area contributed by atoms with Crippen LogP contribution in [0.5, 0.6) is 0 Å². The Hall–Kier alpha value is -3.08. The number of carbonyl (C=O) groups is 2. The van der Waals surface area contributed by atoms with Gasteiger partial charge in [-0.25, -0.2) is 0 Å². The van der Waals surface area contributed by atoms with Crippen molar-refractivity contribution in [3.8, 4) is 0 Å². The minimum Gasteiger partial charge on any atom is -0.464 e. The van der Waals surface area contributed by atoms with Gasteiger partial charge in [-0.05, 0) is 56.9 Å². The van der Waals surface area contributed by atoms with Crippen LogP contribution in [0.1, 0.15) is 33.4 Å². The van der Waals surface area contributed by atoms with Crippen molar-refractivity contribution in [1.29, 1.82) is 0 Å². The molecule has 0 aliphatic rings. The van der Waals surface area contributed by atoms with Gasteiger partial charge in [-0.3, -0.25) is 9.59 Å². The van der Waals surface area contributed by atoms with Crippen molar-refractivity contribution in [2.75, 3.05) is 18.9 Å². The molecule has 1 heterocycles. The van der Waals surface area contributed by atoms with Crippen LogP contribution in [0, 0.1) is 34.6 Å². The van der Waals surface area contributed by atoms with Gasteiger partial charge in [-0.2, -0.15) is 0 Å². The van der Waals surface area contributed by atoms with Gasteiger partial charge in [-0.15, -0.1) is 0 Å². The molecule has 0 bridgehead atoms. The summed E-state index contributed by atoms with van der Waals surface area (Å²) < 4.78 is 5.69. The lowest BCUT2D eigenvalue weighted by molar-refractivity contribution is -0.132. The lowest BCUT2D eigenvalue weighted by atomic mass is 10.0. The predicted molar refractivity (Wildman–Crippen MR) is 116 cm³/mol. The molecule has 0 fully saturated rings. The van der Waals surface area contributed by atoms with Gasteiger partial charge in [0.05, 0.1) is 19.2 Å². The third-order valence-electron chi connectivity index (χ3n) is 5.43. The Morgan fingerprint density at radius 1 is 1.00 bits per heavy atom. The number of likely N-dealkylation sites (N-methyl/N-ethyl adjacent to an activating group) is 1. The largest absolute Gasteiger partial charge is 0.464 e. The molecule has 5 nitrogen and oxygen atoms in total. The average molecular weight is 392 g/mol. The first-order chi connectivity index (χ1) is 13.7. The molecule has 0 aliphatic heterocycles. The normalized spacial score (nSPS) is 11.0. The molecule has 1 aromatic heterocycles. The Labute approximate surface area is 171 Å². The Morgan fingerprint density at radius 3 is 2.31 bits per heavy atom. The van der Waals surface area contributed by atoms with Crippen LogP contribution in [0.25, 0.3) is 11.0 Å². The van der Waals surface area contributed by atoms with Crippen LogP contribution >= 0.6 is 0 Å². The van der Waals surface area contributed by atoms with Crippen LogP contribution in [0.4, 0.5) is 5.69 Å². The summed E-state index contributed by atoms with van der Waals surface area (Å²) in [6.07, 6.45) is 1.84. The monoisotopic (exact) mass is 392 g/mol. The third kappa shape index (κ3) is 4.34. The van der Waals surface area contributed by atoms with E-state index in [1.54, 1.807) is 13.3 Å². The van der Waals surface area contributed by atoms with Crippen LogP contribution in [0.15, 0.2) is 34.9 Å². The fourth-order valence-electron chi connectivity index (χ4n) is 3.68. The molecule has 0 saturated carbocycles. The number of nitrogens with zero attached hydrogens (tertiary/aromatic N) is 1. The predicted octanol–water partition coefficient (Wildman–Crippen LogP) is 4.61. The van der Waals surface area contributed by atoms with E-state index in [2.05, 4.69) is 5.32 Å². The van der Waals surface area contributed by atoms with E-state index < -0.39 is 0 Å². The number of benzene rings is 2. The molecule has 0 saturated heterocycles. The highest BCUT2D eigenvalue weighted by molar-refractivity contribution is 5.96. The zero-order valence-corrected chi connectivity index (χ0v) is 18.0. The number of hydrogen-bond acceptors (Lipinski definition) is 3. The van der Waals surface area contributed by atoms with E-state index in [1.807, 2.05) is 58.9 Å². The zero-order chi connectivity index (χ0) is 21.3. The van der Waals surface area contributed by atoms with Gasteiger partial charge in [-0.1, -0.05) is 29.8 Å². The molecule has 0 spiro atoms. The highest BCUT2D eigenvalue weighted by Crippen LogP contribution is 2.27. The molecule has 3 aromatic rings. The fourth-order valence-corrected chi connectivity index (χ4v) is 3.68. The average Bonchev–Trinajstić information content (AvgIpc) is 3.04. The maximum atomic E-state index is 12.7. The van der Waals surface area contributed by atoms with E-state index >= 15 is 0 Å². The van der Waals surface area contributed by atoms with Crippen molar-refractivity contribution >= 4 is 28.5 Å². The molecule has 3 rings (SSSR count). The minimum atomic E-state index is -0.209. The van der Waals surface area contributed by atoms with Gasteiger partial charge in [0.15, 0.2) is 0 Å². The van der Waals surface area contributed by atoms with Crippen molar-refractivity contribution in [2.45, 2.75) is 41.0 Å². The third-order valence-corrected chi connectivity index (χ3v) is 5.43. The first-order valence-electron chi connectivity index (χ1n) is 9.75. The number of anilines is 1. The summed E-state index contributed by atoms with van der Waals surface area (Å²) in [6, 6.07) is 8.08. The molecule has 0 unspecified atom stereocenters. The topological polar surface area (TPSA) is 62.6 Å². The Bertz CT molecular complexity index is 1070. The van der Waals surface area contributed by atoms with Gasteiger partial charge in [0, 0.05) is 23.7 Å². The van der Waals surface area contributed by atoms with E-state index in [4.69, 9.17) is 4.42 Å². The number of hydrogen-bond donors (Lipinski definition) is 1. The summed E-state index contributed by atoms with van der Waals surface area (Å²) in [7, 11) is 1.65. The summed E-state index contributed by atoms with van der Waals surface area (Å²) >= 11 is 0. The second kappa shape index (κ2) is 8.11. The minimum absolute atomic E-state index is 0.000486. The number of aryl methyl sites for hydroxylation is 5. The fraction of sp³-hybridized carbons (Fsp3) is 0.333. The van der Waals surface area contributed by atoms with Crippen LogP contribution in [0.3, 0.4) is 0 Å².